The van der Waals surface area contributed by atoms with Gasteiger partial charge < -0.3 is 10.8 Å². The number of halogens is 2. The SMILES string of the molecule is NC[C@H](O)c1cccc(Br)c1Cl. The lowest BCUT2D eigenvalue weighted by atomic mass is 10.1. The molecule has 0 aliphatic carbocycles. The maximum absolute atomic E-state index is 9.40. The van der Waals surface area contributed by atoms with Crippen LogP contribution in [0.1, 0.15) is 11.7 Å². The summed E-state index contributed by atoms with van der Waals surface area (Å²) in [4.78, 5) is 0. The van der Waals surface area contributed by atoms with Crippen molar-refractivity contribution in [2.24, 2.45) is 5.73 Å². The van der Waals surface area contributed by atoms with Crippen LogP contribution in [0.4, 0.5) is 0 Å². The van der Waals surface area contributed by atoms with E-state index in [0.717, 1.165) is 4.47 Å². The first kappa shape index (κ1) is 9.99. The molecule has 66 valence electrons. The summed E-state index contributed by atoms with van der Waals surface area (Å²) in [5.74, 6) is 0. The number of nitrogens with two attached hydrogens (primary N) is 1. The van der Waals surface area contributed by atoms with E-state index in [1.165, 1.54) is 0 Å². The van der Waals surface area contributed by atoms with Crippen LogP contribution in [0.25, 0.3) is 0 Å². The minimum atomic E-state index is -0.685. The van der Waals surface area contributed by atoms with E-state index < -0.39 is 6.10 Å². The first-order chi connectivity index (χ1) is 5.66. The van der Waals surface area contributed by atoms with E-state index >= 15 is 0 Å². The molecule has 12 heavy (non-hydrogen) atoms. The zero-order chi connectivity index (χ0) is 9.14. The van der Waals surface area contributed by atoms with Gasteiger partial charge in [0.15, 0.2) is 0 Å². The van der Waals surface area contributed by atoms with Crippen molar-refractivity contribution < 1.29 is 5.11 Å². The second-order valence-electron chi connectivity index (χ2n) is 2.39. The molecule has 0 aromatic heterocycles. The molecule has 0 bridgehead atoms. The van der Waals surface area contributed by atoms with Crippen LogP contribution in [-0.2, 0) is 0 Å². The van der Waals surface area contributed by atoms with Crippen LogP contribution < -0.4 is 5.73 Å². The van der Waals surface area contributed by atoms with E-state index in [9.17, 15) is 5.11 Å². The van der Waals surface area contributed by atoms with Crippen LogP contribution in [-0.4, -0.2) is 11.7 Å². The predicted molar refractivity (Wildman–Crippen MR) is 53.2 cm³/mol. The molecule has 0 saturated carbocycles. The molecule has 0 heterocycles. The lowest BCUT2D eigenvalue weighted by molar-refractivity contribution is 0.187. The molecule has 0 spiro atoms. The lowest BCUT2D eigenvalue weighted by Crippen LogP contribution is -2.11. The van der Waals surface area contributed by atoms with Crippen LogP contribution >= 0.6 is 27.5 Å². The molecule has 3 N–H and O–H groups in total. The molecular formula is C8H9BrClNO. The highest BCUT2D eigenvalue weighted by atomic mass is 79.9. The molecule has 2 nitrogen and oxygen atoms in total. The van der Waals surface area contributed by atoms with Gasteiger partial charge in [-0.1, -0.05) is 23.7 Å². The second kappa shape index (κ2) is 4.23. The van der Waals surface area contributed by atoms with E-state index in [1.807, 2.05) is 12.1 Å². The highest BCUT2D eigenvalue weighted by Crippen LogP contribution is 2.29. The third-order valence-corrected chi connectivity index (χ3v) is 2.87. The minimum Gasteiger partial charge on any atom is -0.387 e. The molecular weight excluding hydrogens is 241 g/mol. The number of benzene rings is 1. The fourth-order valence-corrected chi connectivity index (χ4v) is 1.54. The van der Waals surface area contributed by atoms with Crippen molar-refractivity contribution in [3.05, 3.63) is 33.3 Å². The third kappa shape index (κ3) is 1.98. The number of rotatable bonds is 2. The molecule has 1 aromatic carbocycles. The Morgan fingerprint density at radius 3 is 2.83 bits per heavy atom. The average molecular weight is 251 g/mol. The monoisotopic (exact) mass is 249 g/mol. The number of hydrogen-bond donors (Lipinski definition) is 2. The molecule has 4 heteroatoms. The van der Waals surface area contributed by atoms with Gasteiger partial charge in [-0.05, 0) is 22.0 Å². The average Bonchev–Trinajstić information content (AvgIpc) is 2.08. The largest absolute Gasteiger partial charge is 0.387 e. The maximum atomic E-state index is 9.40. The van der Waals surface area contributed by atoms with Gasteiger partial charge >= 0.3 is 0 Å². The van der Waals surface area contributed by atoms with Gasteiger partial charge in [-0.3, -0.25) is 0 Å². The Bertz CT molecular complexity index is 280. The van der Waals surface area contributed by atoms with Crippen molar-refractivity contribution in [2.45, 2.75) is 6.10 Å². The van der Waals surface area contributed by atoms with Crippen molar-refractivity contribution in [1.29, 1.82) is 0 Å². The summed E-state index contributed by atoms with van der Waals surface area (Å²) in [6.45, 7) is 0.177. The van der Waals surface area contributed by atoms with Gasteiger partial charge in [0, 0.05) is 16.6 Å². The Morgan fingerprint density at radius 1 is 1.58 bits per heavy atom. The van der Waals surface area contributed by atoms with E-state index in [4.69, 9.17) is 17.3 Å². The highest BCUT2D eigenvalue weighted by Gasteiger charge is 2.10. The topological polar surface area (TPSA) is 46.2 Å². The molecule has 0 fully saturated rings. The first-order valence-electron chi connectivity index (χ1n) is 3.49. The molecule has 1 aromatic rings. The number of aliphatic hydroxyl groups excluding tert-OH is 1. The van der Waals surface area contributed by atoms with E-state index in [-0.39, 0.29) is 6.54 Å². The quantitative estimate of drug-likeness (QED) is 0.844. The van der Waals surface area contributed by atoms with Crippen LogP contribution in [0.15, 0.2) is 22.7 Å². The van der Waals surface area contributed by atoms with Gasteiger partial charge in [0.25, 0.3) is 0 Å². The van der Waals surface area contributed by atoms with Crippen LogP contribution in [0.5, 0.6) is 0 Å². The Kier molecular flexibility index (Phi) is 3.53. The summed E-state index contributed by atoms with van der Waals surface area (Å²) in [5.41, 5.74) is 5.96. The minimum absolute atomic E-state index is 0.177. The highest BCUT2D eigenvalue weighted by molar-refractivity contribution is 9.10. The first-order valence-corrected chi connectivity index (χ1v) is 4.66. The van der Waals surface area contributed by atoms with Gasteiger partial charge in [-0.15, -0.1) is 0 Å². The Balaban J connectivity index is 3.07. The Morgan fingerprint density at radius 2 is 2.25 bits per heavy atom. The van der Waals surface area contributed by atoms with Gasteiger partial charge in [-0.2, -0.15) is 0 Å². The molecule has 1 atom stereocenters. The summed E-state index contributed by atoms with van der Waals surface area (Å²) in [6.07, 6.45) is -0.685. The van der Waals surface area contributed by atoms with Gasteiger partial charge in [0.1, 0.15) is 0 Å². The zero-order valence-electron chi connectivity index (χ0n) is 6.30. The maximum Gasteiger partial charge on any atom is 0.0926 e. The van der Waals surface area contributed by atoms with Gasteiger partial charge in [0.05, 0.1) is 11.1 Å². The van der Waals surface area contributed by atoms with E-state index in [1.54, 1.807) is 6.07 Å². The van der Waals surface area contributed by atoms with Crippen molar-refractivity contribution >= 4 is 27.5 Å². The Labute approximate surface area is 84.5 Å². The van der Waals surface area contributed by atoms with Gasteiger partial charge in [0.2, 0.25) is 0 Å². The zero-order valence-corrected chi connectivity index (χ0v) is 8.64. The van der Waals surface area contributed by atoms with E-state index in [2.05, 4.69) is 15.9 Å². The Hall–Kier alpha value is -0.0900. The summed E-state index contributed by atoms with van der Waals surface area (Å²) in [7, 11) is 0. The smallest absolute Gasteiger partial charge is 0.0926 e. The van der Waals surface area contributed by atoms with Crippen molar-refractivity contribution in [3.8, 4) is 0 Å². The van der Waals surface area contributed by atoms with Crippen molar-refractivity contribution in [3.63, 3.8) is 0 Å². The molecule has 0 amide bonds. The lowest BCUT2D eigenvalue weighted by Gasteiger charge is -2.10. The predicted octanol–water partition coefficient (Wildman–Crippen LogP) is 2.09. The number of hydrogen-bond acceptors (Lipinski definition) is 2. The third-order valence-electron chi connectivity index (χ3n) is 1.56. The molecule has 0 saturated heterocycles. The molecule has 0 aliphatic heterocycles. The molecule has 0 aliphatic rings. The summed E-state index contributed by atoms with van der Waals surface area (Å²) >= 11 is 9.16. The summed E-state index contributed by atoms with van der Waals surface area (Å²) in [6, 6.07) is 5.38. The van der Waals surface area contributed by atoms with E-state index in [0.29, 0.717) is 10.6 Å². The van der Waals surface area contributed by atoms with Crippen LogP contribution in [0.3, 0.4) is 0 Å². The van der Waals surface area contributed by atoms with Crippen molar-refractivity contribution in [2.75, 3.05) is 6.54 Å². The standard InChI is InChI=1S/C8H9BrClNO/c9-6-3-1-2-5(8(6)10)7(12)4-11/h1-3,7,12H,4,11H2/t7-/m0/s1. The second-order valence-corrected chi connectivity index (χ2v) is 3.63. The fraction of sp³-hybridized carbons (Fsp3) is 0.250. The van der Waals surface area contributed by atoms with Crippen LogP contribution in [0.2, 0.25) is 5.02 Å². The number of aliphatic hydroxyl groups is 1. The van der Waals surface area contributed by atoms with Crippen LogP contribution in [0, 0.1) is 0 Å². The summed E-state index contributed by atoms with van der Waals surface area (Å²) < 4.78 is 0.772. The molecule has 0 unspecified atom stereocenters. The van der Waals surface area contributed by atoms with Gasteiger partial charge in [-0.25, -0.2) is 0 Å². The molecule has 0 radical (unpaired) electrons. The molecule has 1 rings (SSSR count). The fourth-order valence-electron chi connectivity index (χ4n) is 0.905. The van der Waals surface area contributed by atoms with Crippen molar-refractivity contribution in [1.82, 2.24) is 0 Å². The summed E-state index contributed by atoms with van der Waals surface area (Å²) in [5, 5.41) is 9.93. The normalized spacial score (nSPS) is 13.0.